The maximum absolute atomic E-state index is 12.3. The van der Waals surface area contributed by atoms with Gasteiger partial charge in [0.1, 0.15) is 5.56 Å². The second-order valence-corrected chi connectivity index (χ2v) is 5.60. The number of ether oxygens (including phenoxy) is 2. The Kier molecular flexibility index (Phi) is 5.36. The van der Waals surface area contributed by atoms with Gasteiger partial charge in [-0.1, -0.05) is 6.07 Å². The minimum atomic E-state index is -0.746. The smallest absolute Gasteiger partial charge is 0.325 e. The lowest BCUT2D eigenvalue weighted by atomic mass is 10.1. The summed E-state index contributed by atoms with van der Waals surface area (Å²) in [6.07, 6.45) is 3.12. The molecular weight excluding hydrogens is 328 g/mol. The van der Waals surface area contributed by atoms with Gasteiger partial charge in [0.05, 0.1) is 31.1 Å². The van der Waals surface area contributed by atoms with Crippen LogP contribution in [0.5, 0.6) is 0 Å². The zero-order valence-electron chi connectivity index (χ0n) is 13.4. The maximum atomic E-state index is 12.3. The number of aromatic amines is 2. The number of rotatable bonds is 5. The molecule has 0 unspecified atom stereocenters. The highest BCUT2D eigenvalue weighted by Crippen LogP contribution is 2.14. The summed E-state index contributed by atoms with van der Waals surface area (Å²) in [6.45, 7) is 1.12. The van der Waals surface area contributed by atoms with Gasteiger partial charge in [-0.2, -0.15) is 0 Å². The SMILES string of the molecule is O=C(N[C@@H]1COCC[C@H]1OCc1ccccn1)c1c[nH]c(=O)[nH]c1=O. The molecule has 2 atom stereocenters. The molecule has 0 bridgehead atoms. The third kappa shape index (κ3) is 4.40. The van der Waals surface area contributed by atoms with Crippen molar-refractivity contribution in [3.05, 3.63) is 62.7 Å². The molecule has 9 heteroatoms. The van der Waals surface area contributed by atoms with Crippen molar-refractivity contribution in [2.45, 2.75) is 25.2 Å². The first-order chi connectivity index (χ1) is 12.1. The van der Waals surface area contributed by atoms with Crippen LogP contribution < -0.4 is 16.6 Å². The van der Waals surface area contributed by atoms with E-state index in [4.69, 9.17) is 9.47 Å². The summed E-state index contributed by atoms with van der Waals surface area (Å²) < 4.78 is 11.3. The molecule has 9 nitrogen and oxygen atoms in total. The van der Waals surface area contributed by atoms with Crippen LogP contribution in [0.25, 0.3) is 0 Å². The molecule has 25 heavy (non-hydrogen) atoms. The predicted molar refractivity (Wildman–Crippen MR) is 87.2 cm³/mol. The molecule has 3 heterocycles. The zero-order chi connectivity index (χ0) is 17.6. The van der Waals surface area contributed by atoms with E-state index in [9.17, 15) is 14.4 Å². The molecular formula is C16H18N4O5. The van der Waals surface area contributed by atoms with E-state index in [1.54, 1.807) is 6.20 Å². The Morgan fingerprint density at radius 3 is 3.04 bits per heavy atom. The molecule has 0 aliphatic carbocycles. The summed E-state index contributed by atoms with van der Waals surface area (Å²) in [7, 11) is 0. The van der Waals surface area contributed by atoms with Crippen LogP contribution in [-0.4, -0.2) is 46.2 Å². The van der Waals surface area contributed by atoms with Crippen LogP contribution in [0, 0.1) is 0 Å². The molecule has 1 saturated heterocycles. The van der Waals surface area contributed by atoms with Gasteiger partial charge in [-0.05, 0) is 18.6 Å². The lowest BCUT2D eigenvalue weighted by Gasteiger charge is -2.31. The lowest BCUT2D eigenvalue weighted by Crippen LogP contribution is -2.51. The van der Waals surface area contributed by atoms with Gasteiger partial charge >= 0.3 is 5.69 Å². The topological polar surface area (TPSA) is 126 Å². The van der Waals surface area contributed by atoms with E-state index < -0.39 is 23.2 Å². The fourth-order valence-electron chi connectivity index (χ4n) is 2.55. The molecule has 0 saturated carbocycles. The van der Waals surface area contributed by atoms with Crippen LogP contribution in [0.2, 0.25) is 0 Å². The van der Waals surface area contributed by atoms with Crippen molar-refractivity contribution in [2.75, 3.05) is 13.2 Å². The number of carbonyl (C=O) groups excluding carboxylic acids is 1. The fraction of sp³-hybridized carbons (Fsp3) is 0.375. The summed E-state index contributed by atoms with van der Waals surface area (Å²) >= 11 is 0. The second-order valence-electron chi connectivity index (χ2n) is 5.60. The molecule has 0 radical (unpaired) electrons. The van der Waals surface area contributed by atoms with E-state index in [1.807, 2.05) is 23.2 Å². The van der Waals surface area contributed by atoms with Gasteiger partial charge in [0, 0.05) is 19.0 Å². The molecule has 132 valence electrons. The molecule has 3 rings (SSSR count). The number of carbonyl (C=O) groups is 1. The van der Waals surface area contributed by atoms with Crippen molar-refractivity contribution >= 4 is 5.91 Å². The van der Waals surface area contributed by atoms with Gasteiger partial charge in [-0.3, -0.25) is 19.6 Å². The predicted octanol–water partition coefficient (Wildman–Crippen LogP) is -0.438. The normalized spacial score (nSPS) is 20.2. The average molecular weight is 346 g/mol. The van der Waals surface area contributed by atoms with E-state index in [1.165, 1.54) is 0 Å². The first-order valence-electron chi connectivity index (χ1n) is 7.85. The van der Waals surface area contributed by atoms with Crippen molar-refractivity contribution in [1.82, 2.24) is 20.3 Å². The van der Waals surface area contributed by atoms with E-state index >= 15 is 0 Å². The first-order valence-corrected chi connectivity index (χ1v) is 7.85. The minimum Gasteiger partial charge on any atom is -0.379 e. The third-order valence-corrected chi connectivity index (χ3v) is 3.84. The van der Waals surface area contributed by atoms with Gasteiger partial charge in [0.15, 0.2) is 0 Å². The lowest BCUT2D eigenvalue weighted by molar-refractivity contribution is -0.0612. The molecule has 3 N–H and O–H groups in total. The van der Waals surface area contributed by atoms with Crippen molar-refractivity contribution in [3.63, 3.8) is 0 Å². The number of hydrogen-bond donors (Lipinski definition) is 3. The van der Waals surface area contributed by atoms with Crippen molar-refractivity contribution in [3.8, 4) is 0 Å². The van der Waals surface area contributed by atoms with Gasteiger partial charge in [-0.15, -0.1) is 0 Å². The van der Waals surface area contributed by atoms with Crippen LogP contribution in [-0.2, 0) is 16.1 Å². The van der Waals surface area contributed by atoms with Gasteiger partial charge in [-0.25, -0.2) is 4.79 Å². The van der Waals surface area contributed by atoms with Crippen molar-refractivity contribution in [1.29, 1.82) is 0 Å². The molecule has 1 aliphatic heterocycles. The Morgan fingerprint density at radius 1 is 1.40 bits per heavy atom. The van der Waals surface area contributed by atoms with Crippen LogP contribution in [0.3, 0.4) is 0 Å². The number of nitrogens with zero attached hydrogens (tertiary/aromatic N) is 1. The van der Waals surface area contributed by atoms with Crippen molar-refractivity contribution < 1.29 is 14.3 Å². The van der Waals surface area contributed by atoms with E-state index in [0.29, 0.717) is 19.6 Å². The van der Waals surface area contributed by atoms with Crippen LogP contribution in [0.1, 0.15) is 22.5 Å². The van der Waals surface area contributed by atoms with E-state index in [2.05, 4.69) is 15.3 Å². The molecule has 2 aromatic rings. The van der Waals surface area contributed by atoms with Crippen LogP contribution in [0.15, 0.2) is 40.2 Å². The Bertz CT molecular complexity index is 832. The second kappa shape index (κ2) is 7.86. The number of nitrogens with one attached hydrogen (secondary N) is 3. The average Bonchev–Trinajstić information content (AvgIpc) is 2.61. The Hall–Kier alpha value is -2.78. The maximum Gasteiger partial charge on any atom is 0.325 e. The van der Waals surface area contributed by atoms with E-state index in [-0.39, 0.29) is 18.3 Å². The highest BCUT2D eigenvalue weighted by Gasteiger charge is 2.29. The number of hydrogen-bond acceptors (Lipinski definition) is 6. The molecule has 0 aromatic carbocycles. The van der Waals surface area contributed by atoms with Crippen LogP contribution in [0.4, 0.5) is 0 Å². The molecule has 0 spiro atoms. The highest BCUT2D eigenvalue weighted by atomic mass is 16.5. The van der Waals surface area contributed by atoms with Gasteiger partial charge in [0.25, 0.3) is 11.5 Å². The van der Waals surface area contributed by atoms with Gasteiger partial charge < -0.3 is 19.8 Å². The molecule has 2 aromatic heterocycles. The monoisotopic (exact) mass is 346 g/mol. The van der Waals surface area contributed by atoms with E-state index in [0.717, 1.165) is 11.9 Å². The Balaban J connectivity index is 1.65. The molecule has 1 fully saturated rings. The number of amides is 1. The third-order valence-electron chi connectivity index (χ3n) is 3.84. The van der Waals surface area contributed by atoms with Crippen molar-refractivity contribution in [2.24, 2.45) is 0 Å². The highest BCUT2D eigenvalue weighted by molar-refractivity contribution is 5.93. The summed E-state index contributed by atoms with van der Waals surface area (Å²) in [4.78, 5) is 43.5. The quantitative estimate of drug-likeness (QED) is 0.674. The van der Waals surface area contributed by atoms with Crippen LogP contribution >= 0.6 is 0 Å². The molecule has 1 aliphatic rings. The molecule has 1 amide bonds. The number of pyridine rings is 1. The Morgan fingerprint density at radius 2 is 2.28 bits per heavy atom. The summed E-state index contributed by atoms with van der Waals surface area (Å²) in [5.74, 6) is -0.598. The zero-order valence-corrected chi connectivity index (χ0v) is 13.4. The number of H-pyrrole nitrogens is 2. The first kappa shape index (κ1) is 17.1. The minimum absolute atomic E-state index is 0.173. The van der Waals surface area contributed by atoms with Gasteiger partial charge in [0.2, 0.25) is 0 Å². The largest absolute Gasteiger partial charge is 0.379 e. The summed E-state index contributed by atoms with van der Waals surface area (Å²) in [6, 6.07) is 5.14. The standard InChI is InChI=1S/C16H18N4O5/c21-14(11-7-18-16(23)20-15(11)22)19-12-9-24-6-4-13(12)25-8-10-3-1-2-5-17-10/h1-3,5,7,12-13H,4,6,8-9H2,(H,19,21)(H2,18,20,22,23)/t12-,13-/m1/s1. The fourth-order valence-corrected chi connectivity index (χ4v) is 2.55. The number of aromatic nitrogens is 3. The summed E-state index contributed by atoms with van der Waals surface area (Å²) in [5, 5.41) is 2.73. The summed E-state index contributed by atoms with van der Waals surface area (Å²) in [5.41, 5.74) is -0.798. The Labute approximate surface area is 142 Å².